The molecule has 0 aromatic heterocycles. The zero-order valence-electron chi connectivity index (χ0n) is 36.5. The highest BCUT2D eigenvalue weighted by Crippen LogP contribution is 2.58. The molecule has 12 aromatic carbocycles. The first-order valence-electron chi connectivity index (χ1n) is 22.9. The first-order valence-corrected chi connectivity index (χ1v) is 22.9. The summed E-state index contributed by atoms with van der Waals surface area (Å²) >= 11 is 0. The summed E-state index contributed by atoms with van der Waals surface area (Å²) < 4.78 is 0. The van der Waals surface area contributed by atoms with Gasteiger partial charge in [-0.3, -0.25) is 0 Å². The Morgan fingerprint density at radius 1 is 0.239 bits per heavy atom. The number of rotatable bonds is 6. The summed E-state index contributed by atoms with van der Waals surface area (Å²) in [6.07, 6.45) is 0. The van der Waals surface area contributed by atoms with Gasteiger partial charge < -0.3 is 10.2 Å². The molecule has 0 radical (unpaired) electrons. The van der Waals surface area contributed by atoms with Gasteiger partial charge in [0.05, 0.1) is 5.41 Å². The van der Waals surface area contributed by atoms with Crippen LogP contribution in [-0.2, 0) is 5.41 Å². The zero-order chi connectivity index (χ0) is 44.6. The van der Waals surface area contributed by atoms with Crippen molar-refractivity contribution in [3.05, 3.63) is 265 Å². The predicted octanol–water partition coefficient (Wildman–Crippen LogP) is 16.7. The first kappa shape index (κ1) is 38.7. The Labute approximate surface area is 389 Å². The molecular weight excluding hydrogens is 813 g/mol. The number of benzene rings is 12. The third-order valence-electron chi connectivity index (χ3n) is 14.2. The fourth-order valence-electron chi connectivity index (χ4n) is 11.1. The average Bonchev–Trinajstić information content (AvgIpc) is 3.67. The zero-order valence-corrected chi connectivity index (χ0v) is 36.5. The lowest BCUT2D eigenvalue weighted by Gasteiger charge is -2.35. The molecule has 0 saturated carbocycles. The van der Waals surface area contributed by atoms with Gasteiger partial charge in [0.1, 0.15) is 11.5 Å². The molecule has 13 rings (SSSR count). The maximum absolute atomic E-state index is 10.6. The summed E-state index contributed by atoms with van der Waals surface area (Å²) in [5, 5.41) is 30.1. The van der Waals surface area contributed by atoms with Crippen LogP contribution in [0.2, 0.25) is 0 Å². The van der Waals surface area contributed by atoms with Crippen molar-refractivity contribution in [3.8, 4) is 67.1 Å². The highest BCUT2D eigenvalue weighted by molar-refractivity contribution is 6.00. The summed E-state index contributed by atoms with van der Waals surface area (Å²) in [4.78, 5) is 0. The van der Waals surface area contributed by atoms with Crippen molar-refractivity contribution in [2.24, 2.45) is 0 Å². The maximum Gasteiger partial charge on any atom is 0.116 e. The molecule has 2 N–H and O–H groups in total. The number of hydrogen-bond acceptors (Lipinski definition) is 2. The van der Waals surface area contributed by atoms with Gasteiger partial charge in [-0.05, 0) is 182 Å². The van der Waals surface area contributed by atoms with Gasteiger partial charge in [-0.1, -0.05) is 182 Å². The lowest BCUT2D eigenvalue weighted by atomic mass is 9.66. The molecule has 0 aliphatic heterocycles. The molecule has 1 aliphatic rings. The van der Waals surface area contributed by atoms with Crippen LogP contribution in [0.5, 0.6) is 11.5 Å². The molecule has 0 atom stereocenters. The molecule has 0 unspecified atom stereocenters. The average molecular weight is 855 g/mol. The SMILES string of the molecule is Oc1ccc2cc(C3(c4ccc5cc(O)ccc5c4)c4cc(-c5cccc(-c6cccc7ccccc67)c5)ccc4-c4ccc(-c5cccc(-c6cccc7ccccc67)c5)cc43)ccc2c1. The van der Waals surface area contributed by atoms with Crippen LogP contribution in [0.3, 0.4) is 0 Å². The molecule has 314 valence electrons. The standard InChI is InChI=1S/C65H42O2/c66-55-29-23-45-35-53(27-21-47(45)37-55)65(54-28-22-48-38-56(67)30-24-46(48)36-54)63-39-49(43-13-5-15-51(33-43)59-19-7-11-41-9-1-3-17-57(41)59)25-31-61(63)62-32-26-50(40-64(62)65)44-14-6-16-52(34-44)60-20-8-12-42-10-2-4-18-58(42)60/h1-40,66-67H. The minimum atomic E-state index is -0.769. The van der Waals surface area contributed by atoms with Crippen LogP contribution in [0, 0.1) is 0 Å². The van der Waals surface area contributed by atoms with E-state index in [9.17, 15) is 10.2 Å². The van der Waals surface area contributed by atoms with Crippen LogP contribution in [0.4, 0.5) is 0 Å². The lowest BCUT2D eigenvalue weighted by Crippen LogP contribution is -2.28. The summed E-state index contributed by atoms with van der Waals surface area (Å²) in [7, 11) is 0. The summed E-state index contributed by atoms with van der Waals surface area (Å²) in [5.41, 5.74) is 15.6. The monoisotopic (exact) mass is 854 g/mol. The highest BCUT2D eigenvalue weighted by Gasteiger charge is 2.47. The molecule has 0 amide bonds. The Balaban J connectivity index is 1.07. The number of fused-ring (bicyclic) bond motifs is 7. The fraction of sp³-hybridized carbons (Fsp3) is 0.0154. The molecule has 0 heterocycles. The quantitative estimate of drug-likeness (QED) is 0.175. The van der Waals surface area contributed by atoms with Crippen LogP contribution >= 0.6 is 0 Å². The Kier molecular flexibility index (Phi) is 8.78. The molecular formula is C65H42O2. The molecule has 67 heavy (non-hydrogen) atoms. The Morgan fingerprint density at radius 2 is 0.627 bits per heavy atom. The predicted molar refractivity (Wildman–Crippen MR) is 279 cm³/mol. The highest BCUT2D eigenvalue weighted by atomic mass is 16.3. The second-order valence-corrected chi connectivity index (χ2v) is 18.0. The van der Waals surface area contributed by atoms with E-state index in [0.717, 1.165) is 54.9 Å². The second kappa shape index (κ2) is 15.2. The van der Waals surface area contributed by atoms with Gasteiger partial charge in [-0.15, -0.1) is 0 Å². The number of phenols is 2. The van der Waals surface area contributed by atoms with E-state index in [1.54, 1.807) is 12.1 Å². The smallest absolute Gasteiger partial charge is 0.116 e. The fourth-order valence-corrected chi connectivity index (χ4v) is 11.1. The van der Waals surface area contributed by atoms with Gasteiger partial charge in [0.15, 0.2) is 0 Å². The van der Waals surface area contributed by atoms with Crippen molar-refractivity contribution in [3.63, 3.8) is 0 Å². The lowest BCUT2D eigenvalue weighted by molar-refractivity contribution is 0.475. The van der Waals surface area contributed by atoms with E-state index in [1.165, 1.54) is 66.1 Å². The van der Waals surface area contributed by atoms with Crippen LogP contribution in [-0.4, -0.2) is 10.2 Å². The van der Waals surface area contributed by atoms with Gasteiger partial charge in [0, 0.05) is 0 Å². The van der Waals surface area contributed by atoms with E-state index < -0.39 is 5.41 Å². The van der Waals surface area contributed by atoms with Crippen molar-refractivity contribution in [1.82, 2.24) is 0 Å². The van der Waals surface area contributed by atoms with Gasteiger partial charge in [-0.25, -0.2) is 0 Å². The Hall–Kier alpha value is -8.72. The molecule has 0 spiro atoms. The molecule has 12 aromatic rings. The minimum Gasteiger partial charge on any atom is -0.508 e. The molecule has 1 aliphatic carbocycles. The van der Waals surface area contributed by atoms with Crippen molar-refractivity contribution >= 4 is 43.1 Å². The Morgan fingerprint density at radius 3 is 1.12 bits per heavy atom. The van der Waals surface area contributed by atoms with Crippen LogP contribution < -0.4 is 0 Å². The van der Waals surface area contributed by atoms with Gasteiger partial charge in [0.25, 0.3) is 0 Å². The van der Waals surface area contributed by atoms with E-state index in [1.807, 2.05) is 24.3 Å². The van der Waals surface area contributed by atoms with Crippen molar-refractivity contribution in [1.29, 1.82) is 0 Å². The summed E-state index contributed by atoms with van der Waals surface area (Å²) in [5.74, 6) is 0.491. The van der Waals surface area contributed by atoms with E-state index >= 15 is 0 Å². The normalized spacial score (nSPS) is 12.7. The first-order chi connectivity index (χ1) is 33.0. The third-order valence-corrected chi connectivity index (χ3v) is 14.2. The molecule has 0 bridgehead atoms. The van der Waals surface area contributed by atoms with Crippen LogP contribution in [0.15, 0.2) is 243 Å². The van der Waals surface area contributed by atoms with Gasteiger partial charge in [-0.2, -0.15) is 0 Å². The van der Waals surface area contributed by atoms with E-state index in [-0.39, 0.29) is 11.5 Å². The summed E-state index contributed by atoms with van der Waals surface area (Å²) in [6, 6.07) is 87.0. The number of aromatic hydroxyl groups is 2. The van der Waals surface area contributed by atoms with Gasteiger partial charge in [0.2, 0.25) is 0 Å². The second-order valence-electron chi connectivity index (χ2n) is 18.0. The minimum absolute atomic E-state index is 0.245. The van der Waals surface area contributed by atoms with Crippen LogP contribution in [0.25, 0.3) is 98.7 Å². The van der Waals surface area contributed by atoms with Gasteiger partial charge >= 0.3 is 0 Å². The number of hydrogen-bond donors (Lipinski definition) is 2. The van der Waals surface area contributed by atoms with Crippen molar-refractivity contribution in [2.75, 3.05) is 0 Å². The molecule has 0 fully saturated rings. The molecule has 2 nitrogen and oxygen atoms in total. The van der Waals surface area contributed by atoms with E-state index in [2.05, 4.69) is 206 Å². The van der Waals surface area contributed by atoms with Crippen molar-refractivity contribution < 1.29 is 10.2 Å². The molecule has 0 saturated heterocycles. The summed E-state index contributed by atoms with van der Waals surface area (Å²) in [6.45, 7) is 0. The third kappa shape index (κ3) is 6.26. The maximum atomic E-state index is 10.6. The van der Waals surface area contributed by atoms with E-state index in [4.69, 9.17) is 0 Å². The van der Waals surface area contributed by atoms with E-state index in [0.29, 0.717) is 0 Å². The number of phenolic OH excluding ortho intramolecular Hbond substituents is 2. The molecule has 2 heteroatoms. The topological polar surface area (TPSA) is 40.5 Å². The van der Waals surface area contributed by atoms with Crippen molar-refractivity contribution in [2.45, 2.75) is 5.41 Å². The largest absolute Gasteiger partial charge is 0.508 e. The Bertz CT molecular complexity index is 3700. The van der Waals surface area contributed by atoms with Crippen LogP contribution in [0.1, 0.15) is 22.3 Å².